The molecule has 0 aromatic heterocycles. The largest absolute Gasteiger partial charge is 0.372 e. The summed E-state index contributed by atoms with van der Waals surface area (Å²) >= 11 is 0. The van der Waals surface area contributed by atoms with E-state index in [1.165, 1.54) is 11.3 Å². The van der Waals surface area contributed by atoms with Crippen LogP contribution in [0.15, 0.2) is 24.3 Å². The van der Waals surface area contributed by atoms with Crippen molar-refractivity contribution >= 4 is 11.6 Å². The van der Waals surface area contributed by atoms with E-state index in [1.807, 2.05) is 6.92 Å². The van der Waals surface area contributed by atoms with Gasteiger partial charge >= 0.3 is 0 Å². The SMILES string of the molecule is CCN(CCCC(C)(NC)C(N)=O)c1cccc(C)c1. The number of nitrogens with two attached hydrogens (primary N) is 1. The maximum atomic E-state index is 11.5. The van der Waals surface area contributed by atoms with E-state index in [9.17, 15) is 4.79 Å². The highest BCUT2D eigenvalue weighted by Crippen LogP contribution is 2.18. The first-order valence-corrected chi connectivity index (χ1v) is 7.23. The Morgan fingerprint density at radius 3 is 2.65 bits per heavy atom. The average molecular weight is 277 g/mol. The second kappa shape index (κ2) is 7.29. The summed E-state index contributed by atoms with van der Waals surface area (Å²) in [5, 5.41) is 3.03. The van der Waals surface area contributed by atoms with Gasteiger partial charge in [-0.25, -0.2) is 0 Å². The Labute approximate surface area is 122 Å². The van der Waals surface area contributed by atoms with E-state index in [1.54, 1.807) is 7.05 Å². The molecule has 1 aromatic carbocycles. The minimum atomic E-state index is -0.619. The zero-order valence-corrected chi connectivity index (χ0v) is 13.1. The van der Waals surface area contributed by atoms with E-state index >= 15 is 0 Å². The molecule has 20 heavy (non-hydrogen) atoms. The molecular formula is C16H27N3O. The lowest BCUT2D eigenvalue weighted by atomic mass is 9.95. The fraction of sp³-hybridized carbons (Fsp3) is 0.562. The molecule has 0 aliphatic rings. The summed E-state index contributed by atoms with van der Waals surface area (Å²) in [4.78, 5) is 13.8. The van der Waals surface area contributed by atoms with Crippen LogP contribution < -0.4 is 16.0 Å². The van der Waals surface area contributed by atoms with Crippen molar-refractivity contribution in [3.8, 4) is 0 Å². The highest BCUT2D eigenvalue weighted by atomic mass is 16.1. The van der Waals surface area contributed by atoms with Gasteiger partial charge in [-0.05, 0) is 58.4 Å². The van der Waals surface area contributed by atoms with Gasteiger partial charge in [-0.3, -0.25) is 4.79 Å². The number of amides is 1. The molecule has 0 fully saturated rings. The third-order valence-electron chi connectivity index (χ3n) is 3.95. The number of nitrogens with zero attached hydrogens (tertiary/aromatic N) is 1. The number of hydrogen-bond acceptors (Lipinski definition) is 3. The van der Waals surface area contributed by atoms with Gasteiger partial charge in [0, 0.05) is 18.8 Å². The molecule has 0 radical (unpaired) electrons. The molecule has 1 unspecified atom stereocenters. The van der Waals surface area contributed by atoms with Crippen LogP contribution in [0.4, 0.5) is 5.69 Å². The molecule has 0 saturated heterocycles. The number of carbonyl (C=O) groups is 1. The number of nitrogens with one attached hydrogen (secondary N) is 1. The maximum Gasteiger partial charge on any atom is 0.237 e. The molecule has 4 nitrogen and oxygen atoms in total. The Hall–Kier alpha value is -1.55. The fourth-order valence-corrected chi connectivity index (χ4v) is 2.29. The van der Waals surface area contributed by atoms with Crippen molar-refractivity contribution in [2.75, 3.05) is 25.0 Å². The Kier molecular flexibility index (Phi) is 6.02. The van der Waals surface area contributed by atoms with Crippen LogP contribution >= 0.6 is 0 Å². The van der Waals surface area contributed by atoms with Gasteiger partial charge in [0.2, 0.25) is 5.91 Å². The quantitative estimate of drug-likeness (QED) is 0.765. The second-order valence-corrected chi connectivity index (χ2v) is 5.47. The van der Waals surface area contributed by atoms with E-state index < -0.39 is 5.54 Å². The molecule has 0 spiro atoms. The van der Waals surface area contributed by atoms with Crippen molar-refractivity contribution in [1.82, 2.24) is 5.32 Å². The zero-order chi connectivity index (χ0) is 15.2. The van der Waals surface area contributed by atoms with Crippen molar-refractivity contribution in [3.05, 3.63) is 29.8 Å². The Morgan fingerprint density at radius 1 is 1.45 bits per heavy atom. The van der Waals surface area contributed by atoms with Crippen molar-refractivity contribution in [2.24, 2.45) is 5.73 Å². The molecule has 0 aliphatic carbocycles. The molecule has 1 atom stereocenters. The highest BCUT2D eigenvalue weighted by Gasteiger charge is 2.28. The van der Waals surface area contributed by atoms with E-state index in [4.69, 9.17) is 5.73 Å². The molecule has 1 rings (SSSR count). The van der Waals surface area contributed by atoms with Gasteiger partial charge in [-0.15, -0.1) is 0 Å². The van der Waals surface area contributed by atoms with Gasteiger partial charge < -0.3 is 16.0 Å². The van der Waals surface area contributed by atoms with Crippen LogP contribution in [-0.4, -0.2) is 31.6 Å². The molecule has 0 heterocycles. The molecule has 1 amide bonds. The first-order valence-electron chi connectivity index (χ1n) is 7.23. The van der Waals surface area contributed by atoms with Gasteiger partial charge in [0.25, 0.3) is 0 Å². The molecule has 1 aromatic rings. The fourth-order valence-electron chi connectivity index (χ4n) is 2.29. The van der Waals surface area contributed by atoms with Crippen molar-refractivity contribution in [3.63, 3.8) is 0 Å². The summed E-state index contributed by atoms with van der Waals surface area (Å²) in [6.45, 7) is 7.98. The lowest BCUT2D eigenvalue weighted by Gasteiger charge is -2.28. The van der Waals surface area contributed by atoms with Crippen LogP contribution in [0.25, 0.3) is 0 Å². The predicted octanol–water partition coefficient (Wildman–Crippen LogP) is 2.06. The number of primary amides is 1. The summed E-state index contributed by atoms with van der Waals surface area (Å²) in [6, 6.07) is 8.49. The van der Waals surface area contributed by atoms with Crippen LogP contribution in [0.2, 0.25) is 0 Å². The minimum absolute atomic E-state index is 0.293. The summed E-state index contributed by atoms with van der Waals surface area (Å²) < 4.78 is 0. The first-order chi connectivity index (χ1) is 9.42. The topological polar surface area (TPSA) is 58.4 Å². The van der Waals surface area contributed by atoms with Crippen molar-refractivity contribution < 1.29 is 4.79 Å². The Balaban J connectivity index is 2.60. The van der Waals surface area contributed by atoms with Crippen LogP contribution in [0.5, 0.6) is 0 Å². The van der Waals surface area contributed by atoms with Crippen LogP contribution in [0.1, 0.15) is 32.3 Å². The molecule has 0 aliphatic heterocycles. The first kappa shape index (κ1) is 16.5. The zero-order valence-electron chi connectivity index (χ0n) is 13.1. The number of carbonyl (C=O) groups excluding carboxylic acids is 1. The van der Waals surface area contributed by atoms with Crippen molar-refractivity contribution in [2.45, 2.75) is 39.2 Å². The van der Waals surface area contributed by atoms with Crippen molar-refractivity contribution in [1.29, 1.82) is 0 Å². The molecule has 4 heteroatoms. The number of hydrogen-bond donors (Lipinski definition) is 2. The van der Waals surface area contributed by atoms with Gasteiger partial charge in [0.1, 0.15) is 0 Å². The average Bonchev–Trinajstić information content (AvgIpc) is 2.43. The Bertz CT molecular complexity index is 447. The lowest BCUT2D eigenvalue weighted by molar-refractivity contribution is -0.123. The summed E-state index contributed by atoms with van der Waals surface area (Å²) in [5.41, 5.74) is 7.32. The van der Waals surface area contributed by atoms with Gasteiger partial charge in [-0.2, -0.15) is 0 Å². The molecule has 3 N–H and O–H groups in total. The van der Waals surface area contributed by atoms with E-state index in [2.05, 4.69) is 48.3 Å². The third-order valence-corrected chi connectivity index (χ3v) is 3.95. The maximum absolute atomic E-state index is 11.5. The number of anilines is 1. The van der Waals surface area contributed by atoms with E-state index in [-0.39, 0.29) is 5.91 Å². The van der Waals surface area contributed by atoms with Gasteiger partial charge in [0.05, 0.1) is 5.54 Å². The number of likely N-dealkylation sites (N-methyl/N-ethyl adjacent to an activating group) is 1. The normalized spacial score (nSPS) is 13.8. The predicted molar refractivity (Wildman–Crippen MR) is 85.0 cm³/mol. The molecule has 112 valence electrons. The standard InChI is InChI=1S/C16H27N3O/c1-5-19(14-9-6-8-13(2)12-14)11-7-10-16(3,18-4)15(17)20/h6,8-9,12,18H,5,7,10-11H2,1-4H3,(H2,17,20). The second-order valence-electron chi connectivity index (χ2n) is 5.47. The van der Waals surface area contributed by atoms with Gasteiger partial charge in [0.15, 0.2) is 0 Å². The Morgan fingerprint density at radius 2 is 2.15 bits per heavy atom. The highest BCUT2D eigenvalue weighted by molar-refractivity contribution is 5.84. The van der Waals surface area contributed by atoms with E-state index in [0.29, 0.717) is 0 Å². The van der Waals surface area contributed by atoms with Crippen LogP contribution in [0.3, 0.4) is 0 Å². The molecule has 0 saturated carbocycles. The minimum Gasteiger partial charge on any atom is -0.372 e. The van der Waals surface area contributed by atoms with Gasteiger partial charge in [-0.1, -0.05) is 12.1 Å². The summed E-state index contributed by atoms with van der Waals surface area (Å²) in [5.74, 6) is -0.293. The number of rotatable bonds is 8. The van der Waals surface area contributed by atoms with Crippen LogP contribution in [0, 0.1) is 6.92 Å². The van der Waals surface area contributed by atoms with Crippen LogP contribution in [-0.2, 0) is 4.79 Å². The summed E-state index contributed by atoms with van der Waals surface area (Å²) in [6.07, 6.45) is 1.66. The van der Waals surface area contributed by atoms with E-state index in [0.717, 1.165) is 25.9 Å². The number of benzene rings is 1. The molecular weight excluding hydrogens is 250 g/mol. The summed E-state index contributed by atoms with van der Waals surface area (Å²) in [7, 11) is 1.78. The third kappa shape index (κ3) is 4.23. The number of aryl methyl sites for hydroxylation is 1. The lowest BCUT2D eigenvalue weighted by Crippen LogP contribution is -2.51. The molecule has 0 bridgehead atoms. The monoisotopic (exact) mass is 277 g/mol. The smallest absolute Gasteiger partial charge is 0.237 e.